The first kappa shape index (κ1) is 16.9. The standard InChI is InChI=1S/C16H14N2O6/c19-13(17-7-14(20)18-8-15(21)22)6-5-10-9-24-12-4-2-1-3-11(12)16(10)23/h1-6,9H,7-8H2,(H,17,19)(H,18,20)(H,21,22)/b6-5+. The molecule has 3 N–H and O–H groups in total. The second kappa shape index (κ2) is 7.73. The molecule has 0 saturated carbocycles. The lowest BCUT2D eigenvalue weighted by molar-refractivity contribution is -0.137. The molecule has 0 spiro atoms. The van der Waals surface area contributed by atoms with Gasteiger partial charge >= 0.3 is 5.97 Å². The molecule has 2 rings (SSSR count). The summed E-state index contributed by atoms with van der Waals surface area (Å²) >= 11 is 0. The van der Waals surface area contributed by atoms with E-state index in [0.29, 0.717) is 11.0 Å². The maximum atomic E-state index is 12.2. The van der Waals surface area contributed by atoms with Crippen LogP contribution in [-0.4, -0.2) is 36.0 Å². The third kappa shape index (κ3) is 4.54. The first-order valence-corrected chi connectivity index (χ1v) is 6.92. The minimum Gasteiger partial charge on any atom is -0.480 e. The number of carboxylic acids is 1. The predicted molar refractivity (Wildman–Crippen MR) is 85.2 cm³/mol. The molecule has 2 amide bonds. The number of hydrogen-bond acceptors (Lipinski definition) is 5. The molecule has 124 valence electrons. The van der Waals surface area contributed by atoms with E-state index in [1.165, 1.54) is 12.3 Å². The van der Waals surface area contributed by atoms with Crippen molar-refractivity contribution < 1.29 is 23.9 Å². The number of benzene rings is 1. The molecule has 0 aliphatic rings. The van der Waals surface area contributed by atoms with Crippen molar-refractivity contribution >= 4 is 34.8 Å². The van der Waals surface area contributed by atoms with Crippen LogP contribution in [0.25, 0.3) is 17.0 Å². The van der Waals surface area contributed by atoms with Gasteiger partial charge in [-0.15, -0.1) is 0 Å². The van der Waals surface area contributed by atoms with Crippen molar-refractivity contribution in [1.82, 2.24) is 10.6 Å². The van der Waals surface area contributed by atoms with Crippen molar-refractivity contribution in [1.29, 1.82) is 0 Å². The zero-order chi connectivity index (χ0) is 17.5. The van der Waals surface area contributed by atoms with Gasteiger partial charge in [0, 0.05) is 6.08 Å². The number of nitrogens with one attached hydrogen (secondary N) is 2. The highest BCUT2D eigenvalue weighted by molar-refractivity contribution is 5.95. The van der Waals surface area contributed by atoms with Crippen molar-refractivity contribution in [3.05, 3.63) is 52.4 Å². The lowest BCUT2D eigenvalue weighted by Gasteiger charge is -2.02. The fourth-order valence-electron chi connectivity index (χ4n) is 1.84. The normalized spacial score (nSPS) is 10.7. The largest absolute Gasteiger partial charge is 0.480 e. The number of hydrogen-bond donors (Lipinski definition) is 3. The number of carbonyl (C=O) groups excluding carboxylic acids is 2. The van der Waals surface area contributed by atoms with Gasteiger partial charge < -0.3 is 20.2 Å². The van der Waals surface area contributed by atoms with Gasteiger partial charge in [0.15, 0.2) is 5.43 Å². The van der Waals surface area contributed by atoms with Gasteiger partial charge in [-0.2, -0.15) is 0 Å². The van der Waals surface area contributed by atoms with Crippen LogP contribution >= 0.6 is 0 Å². The van der Waals surface area contributed by atoms with Crippen LogP contribution in [0.15, 0.2) is 45.8 Å². The van der Waals surface area contributed by atoms with Gasteiger partial charge in [-0.05, 0) is 18.2 Å². The molecule has 0 unspecified atom stereocenters. The molecule has 8 heteroatoms. The molecule has 2 aromatic rings. The number of amides is 2. The van der Waals surface area contributed by atoms with E-state index >= 15 is 0 Å². The van der Waals surface area contributed by atoms with Gasteiger partial charge in [0.1, 0.15) is 18.4 Å². The minimum absolute atomic E-state index is 0.194. The Labute approximate surface area is 135 Å². The van der Waals surface area contributed by atoms with Crippen LogP contribution in [0, 0.1) is 0 Å². The average Bonchev–Trinajstić information content (AvgIpc) is 2.57. The molecule has 0 atom stereocenters. The van der Waals surface area contributed by atoms with Crippen LogP contribution in [0.5, 0.6) is 0 Å². The summed E-state index contributed by atoms with van der Waals surface area (Å²) < 4.78 is 5.31. The van der Waals surface area contributed by atoms with Crippen molar-refractivity contribution in [2.45, 2.75) is 0 Å². The third-order valence-corrected chi connectivity index (χ3v) is 2.98. The number of fused-ring (bicyclic) bond motifs is 1. The highest BCUT2D eigenvalue weighted by Gasteiger charge is 2.06. The molecule has 0 fully saturated rings. The molecule has 1 aromatic carbocycles. The molecule has 8 nitrogen and oxygen atoms in total. The monoisotopic (exact) mass is 330 g/mol. The Bertz CT molecular complexity index is 868. The van der Waals surface area contributed by atoms with E-state index < -0.39 is 24.3 Å². The number of rotatable bonds is 6. The number of carbonyl (C=O) groups is 3. The number of aliphatic carboxylic acids is 1. The fraction of sp³-hybridized carbons (Fsp3) is 0.125. The third-order valence-electron chi connectivity index (χ3n) is 2.98. The molecule has 24 heavy (non-hydrogen) atoms. The summed E-state index contributed by atoms with van der Waals surface area (Å²) in [5, 5.41) is 13.2. The molecule has 1 heterocycles. The smallest absolute Gasteiger partial charge is 0.322 e. The molecule has 1 aromatic heterocycles. The lowest BCUT2D eigenvalue weighted by Crippen LogP contribution is -2.38. The van der Waals surface area contributed by atoms with E-state index in [9.17, 15) is 19.2 Å². The topological polar surface area (TPSA) is 126 Å². The van der Waals surface area contributed by atoms with E-state index in [0.717, 1.165) is 6.08 Å². The molecular formula is C16H14N2O6. The van der Waals surface area contributed by atoms with Crippen LogP contribution in [0.4, 0.5) is 0 Å². The van der Waals surface area contributed by atoms with E-state index in [-0.39, 0.29) is 17.5 Å². The summed E-state index contributed by atoms with van der Waals surface area (Å²) in [6, 6.07) is 6.72. The molecule has 0 radical (unpaired) electrons. The minimum atomic E-state index is -1.18. The van der Waals surface area contributed by atoms with Crippen molar-refractivity contribution in [3.63, 3.8) is 0 Å². The maximum absolute atomic E-state index is 12.2. The van der Waals surface area contributed by atoms with E-state index in [1.54, 1.807) is 24.3 Å². The molecule has 0 saturated heterocycles. The Morgan fingerprint density at radius 3 is 2.62 bits per heavy atom. The predicted octanol–water partition coefficient (Wildman–Crippen LogP) is 0.123. The molecule has 0 aliphatic carbocycles. The van der Waals surface area contributed by atoms with E-state index in [4.69, 9.17) is 9.52 Å². The summed E-state index contributed by atoms with van der Waals surface area (Å²) in [6.07, 6.45) is 3.61. The van der Waals surface area contributed by atoms with Crippen LogP contribution < -0.4 is 16.1 Å². The lowest BCUT2D eigenvalue weighted by atomic mass is 10.1. The van der Waals surface area contributed by atoms with Crippen LogP contribution in [-0.2, 0) is 14.4 Å². The van der Waals surface area contributed by atoms with Gasteiger partial charge in [-0.3, -0.25) is 19.2 Å². The van der Waals surface area contributed by atoms with Crippen molar-refractivity contribution in [2.24, 2.45) is 0 Å². The summed E-state index contributed by atoms with van der Waals surface area (Å²) in [6.45, 7) is -0.897. The SMILES string of the molecule is O=C(O)CNC(=O)CNC(=O)/C=C/c1coc2ccccc2c1=O. The van der Waals surface area contributed by atoms with E-state index in [1.807, 2.05) is 0 Å². The summed E-state index contributed by atoms with van der Waals surface area (Å²) in [5.41, 5.74) is 0.360. The summed E-state index contributed by atoms with van der Waals surface area (Å²) in [7, 11) is 0. The Morgan fingerprint density at radius 1 is 1.12 bits per heavy atom. The average molecular weight is 330 g/mol. The Hall–Kier alpha value is -3.42. The summed E-state index contributed by atoms with van der Waals surface area (Å²) in [5.74, 6) is -2.42. The summed E-state index contributed by atoms with van der Waals surface area (Å²) in [4.78, 5) is 45.3. The van der Waals surface area contributed by atoms with Gasteiger partial charge in [0.05, 0.1) is 17.5 Å². The zero-order valence-corrected chi connectivity index (χ0v) is 12.4. The highest BCUT2D eigenvalue weighted by Crippen LogP contribution is 2.10. The molecule has 0 aliphatic heterocycles. The Morgan fingerprint density at radius 2 is 1.88 bits per heavy atom. The van der Waals surface area contributed by atoms with E-state index in [2.05, 4.69) is 10.6 Å². The first-order chi connectivity index (χ1) is 11.5. The second-order valence-electron chi connectivity index (χ2n) is 4.74. The Kier molecular flexibility index (Phi) is 5.45. The van der Waals surface area contributed by atoms with Gasteiger partial charge in [-0.1, -0.05) is 12.1 Å². The second-order valence-corrected chi connectivity index (χ2v) is 4.74. The first-order valence-electron chi connectivity index (χ1n) is 6.92. The zero-order valence-electron chi connectivity index (χ0n) is 12.4. The Balaban J connectivity index is 1.97. The maximum Gasteiger partial charge on any atom is 0.322 e. The van der Waals surface area contributed by atoms with Gasteiger partial charge in [0.2, 0.25) is 11.8 Å². The fourth-order valence-corrected chi connectivity index (χ4v) is 1.84. The van der Waals surface area contributed by atoms with Crippen LogP contribution in [0.3, 0.4) is 0 Å². The van der Waals surface area contributed by atoms with Gasteiger partial charge in [0.25, 0.3) is 0 Å². The number of carboxylic acid groups (broad SMARTS) is 1. The highest BCUT2D eigenvalue weighted by atomic mass is 16.4. The van der Waals surface area contributed by atoms with Gasteiger partial charge in [-0.25, -0.2) is 0 Å². The van der Waals surface area contributed by atoms with Crippen molar-refractivity contribution in [2.75, 3.05) is 13.1 Å². The van der Waals surface area contributed by atoms with Crippen LogP contribution in [0.2, 0.25) is 0 Å². The molecular weight excluding hydrogens is 316 g/mol. The van der Waals surface area contributed by atoms with Crippen molar-refractivity contribution in [3.8, 4) is 0 Å². The molecule has 0 bridgehead atoms. The quantitative estimate of drug-likeness (QED) is 0.646. The van der Waals surface area contributed by atoms with Crippen LogP contribution in [0.1, 0.15) is 5.56 Å². The number of para-hydroxylation sites is 1.